The molecule has 24 heavy (non-hydrogen) atoms. The van der Waals surface area contributed by atoms with Crippen molar-refractivity contribution in [1.82, 2.24) is 9.97 Å². The molecule has 2 fully saturated rings. The van der Waals surface area contributed by atoms with Gasteiger partial charge in [-0.15, -0.1) is 0 Å². The van der Waals surface area contributed by atoms with E-state index in [4.69, 9.17) is 23.7 Å². The van der Waals surface area contributed by atoms with Gasteiger partial charge in [0.2, 0.25) is 17.9 Å². The predicted molar refractivity (Wildman–Crippen MR) is 82.3 cm³/mol. The van der Waals surface area contributed by atoms with E-state index in [9.17, 15) is 4.79 Å². The van der Waals surface area contributed by atoms with Crippen LogP contribution in [0.3, 0.4) is 0 Å². The molecule has 0 radical (unpaired) electrons. The molecule has 2 heterocycles. The van der Waals surface area contributed by atoms with Crippen LogP contribution in [0.5, 0.6) is 17.8 Å². The van der Waals surface area contributed by atoms with E-state index >= 15 is 0 Å². The van der Waals surface area contributed by atoms with Crippen LogP contribution in [0.25, 0.3) is 0 Å². The second kappa shape index (κ2) is 6.80. The van der Waals surface area contributed by atoms with Crippen molar-refractivity contribution in [1.29, 1.82) is 0 Å². The molecule has 132 valence electrons. The molecule has 8 heteroatoms. The summed E-state index contributed by atoms with van der Waals surface area (Å²) in [4.78, 5) is 20.7. The van der Waals surface area contributed by atoms with Gasteiger partial charge >= 0.3 is 12.0 Å². The molecule has 3 unspecified atom stereocenters. The topological polar surface area (TPSA) is 92.3 Å². The number of hydrogen-bond donors (Lipinski definition) is 0. The van der Waals surface area contributed by atoms with Gasteiger partial charge < -0.3 is 23.7 Å². The normalized spacial score (nSPS) is 26.0. The highest BCUT2D eigenvalue weighted by atomic mass is 16.7. The summed E-state index contributed by atoms with van der Waals surface area (Å²) in [6.07, 6.45) is 2.86. The van der Waals surface area contributed by atoms with Crippen molar-refractivity contribution >= 4 is 5.97 Å². The molecular weight excluding hydrogens is 316 g/mol. The maximum absolute atomic E-state index is 12.4. The lowest BCUT2D eigenvalue weighted by atomic mass is 9.85. The zero-order valence-electron chi connectivity index (χ0n) is 14.1. The SMILES string of the molecule is CCOC(=O)C(Oc1nc(OC)cc(OC)n1)C12CCCCC1O2. The summed E-state index contributed by atoms with van der Waals surface area (Å²) in [6, 6.07) is 1.53. The molecule has 0 bridgehead atoms. The Hall–Kier alpha value is -2.09. The Labute approximate surface area is 140 Å². The molecule has 1 saturated heterocycles. The van der Waals surface area contributed by atoms with Gasteiger partial charge in [0, 0.05) is 0 Å². The number of fused-ring (bicyclic) bond motifs is 1. The Morgan fingerprint density at radius 1 is 1.33 bits per heavy atom. The highest BCUT2D eigenvalue weighted by Gasteiger charge is 2.66. The third kappa shape index (κ3) is 3.10. The first-order chi connectivity index (χ1) is 11.6. The van der Waals surface area contributed by atoms with E-state index in [0.717, 1.165) is 25.7 Å². The minimum absolute atomic E-state index is 0.00143. The number of methoxy groups -OCH3 is 2. The molecule has 1 aromatic rings. The lowest BCUT2D eigenvalue weighted by Crippen LogP contribution is -2.46. The Morgan fingerprint density at radius 2 is 2.04 bits per heavy atom. The van der Waals surface area contributed by atoms with Crippen LogP contribution in [0.1, 0.15) is 32.6 Å². The standard InChI is InChI=1S/C16H22N2O6/c1-4-22-14(19)13(16-8-6-5-7-10(16)24-16)23-15-17-11(20-2)9-12(18-15)21-3/h9-10,13H,4-8H2,1-3H3. The first-order valence-corrected chi connectivity index (χ1v) is 8.11. The molecule has 8 nitrogen and oxygen atoms in total. The first-order valence-electron chi connectivity index (χ1n) is 8.11. The van der Waals surface area contributed by atoms with Gasteiger partial charge in [-0.1, -0.05) is 12.8 Å². The third-order valence-electron chi connectivity index (χ3n) is 4.38. The van der Waals surface area contributed by atoms with Crippen molar-refractivity contribution in [3.05, 3.63) is 6.07 Å². The zero-order valence-corrected chi connectivity index (χ0v) is 14.1. The van der Waals surface area contributed by atoms with Crippen LogP contribution in [-0.4, -0.2) is 54.6 Å². The van der Waals surface area contributed by atoms with Crippen molar-refractivity contribution in [3.63, 3.8) is 0 Å². The molecule has 3 atom stereocenters. The number of ether oxygens (including phenoxy) is 5. The summed E-state index contributed by atoms with van der Waals surface area (Å²) in [7, 11) is 2.96. The minimum atomic E-state index is -0.903. The molecule has 1 aliphatic heterocycles. The molecule has 0 amide bonds. The highest BCUT2D eigenvalue weighted by Crippen LogP contribution is 2.51. The number of epoxide rings is 1. The van der Waals surface area contributed by atoms with Gasteiger partial charge in [0.1, 0.15) is 5.60 Å². The Bertz CT molecular complexity index is 588. The monoisotopic (exact) mass is 338 g/mol. The number of rotatable bonds is 7. The number of nitrogens with zero attached hydrogens (tertiary/aromatic N) is 2. The molecule has 0 N–H and O–H groups in total. The van der Waals surface area contributed by atoms with Crippen LogP contribution in [0, 0.1) is 0 Å². The Morgan fingerprint density at radius 3 is 2.62 bits per heavy atom. The number of hydrogen-bond acceptors (Lipinski definition) is 8. The summed E-state index contributed by atoms with van der Waals surface area (Å²) in [5.41, 5.74) is -0.635. The van der Waals surface area contributed by atoms with E-state index in [-0.39, 0.29) is 30.5 Å². The van der Waals surface area contributed by atoms with Crippen molar-refractivity contribution in [2.45, 2.75) is 50.4 Å². The molecular formula is C16H22N2O6. The van der Waals surface area contributed by atoms with E-state index in [0.29, 0.717) is 0 Å². The van der Waals surface area contributed by atoms with Gasteiger partial charge in [-0.05, 0) is 19.8 Å². The number of carbonyl (C=O) groups excluding carboxylic acids is 1. The van der Waals surface area contributed by atoms with Crippen LogP contribution in [0.2, 0.25) is 0 Å². The molecule has 0 aromatic carbocycles. The van der Waals surface area contributed by atoms with Gasteiger partial charge in [0.05, 0.1) is 33.0 Å². The predicted octanol–water partition coefficient (Wildman–Crippen LogP) is 1.52. The maximum atomic E-state index is 12.4. The van der Waals surface area contributed by atoms with Gasteiger partial charge in [0.25, 0.3) is 0 Å². The fourth-order valence-electron chi connectivity index (χ4n) is 3.16. The summed E-state index contributed by atoms with van der Waals surface area (Å²) < 4.78 is 27.0. The second-order valence-corrected chi connectivity index (χ2v) is 5.79. The molecule has 0 spiro atoms. The average molecular weight is 338 g/mol. The summed E-state index contributed by atoms with van der Waals surface area (Å²) in [5.74, 6) is 0.107. The van der Waals surface area contributed by atoms with Crippen molar-refractivity contribution in [2.75, 3.05) is 20.8 Å². The van der Waals surface area contributed by atoms with Crippen LogP contribution in [-0.2, 0) is 14.3 Å². The Balaban J connectivity index is 1.86. The molecule has 1 aromatic heterocycles. The fourth-order valence-corrected chi connectivity index (χ4v) is 3.16. The molecule has 1 saturated carbocycles. The third-order valence-corrected chi connectivity index (χ3v) is 4.38. The van der Waals surface area contributed by atoms with E-state index < -0.39 is 17.7 Å². The van der Waals surface area contributed by atoms with E-state index in [2.05, 4.69) is 9.97 Å². The molecule has 2 aliphatic rings. The van der Waals surface area contributed by atoms with Gasteiger partial charge in [-0.3, -0.25) is 0 Å². The van der Waals surface area contributed by atoms with Crippen LogP contribution < -0.4 is 14.2 Å². The second-order valence-electron chi connectivity index (χ2n) is 5.79. The van der Waals surface area contributed by atoms with Gasteiger partial charge in [0.15, 0.2) is 0 Å². The average Bonchev–Trinajstić information content (AvgIpc) is 3.35. The quantitative estimate of drug-likeness (QED) is 0.546. The van der Waals surface area contributed by atoms with Crippen LogP contribution in [0.4, 0.5) is 0 Å². The summed E-state index contributed by atoms with van der Waals surface area (Å²) in [6.45, 7) is 2.02. The summed E-state index contributed by atoms with van der Waals surface area (Å²) in [5, 5.41) is 0. The molecule has 1 aliphatic carbocycles. The van der Waals surface area contributed by atoms with Gasteiger partial charge in [-0.2, -0.15) is 9.97 Å². The fraction of sp³-hybridized carbons (Fsp3) is 0.688. The van der Waals surface area contributed by atoms with E-state index in [1.807, 2.05) is 0 Å². The minimum Gasteiger partial charge on any atom is -0.481 e. The zero-order chi connectivity index (χ0) is 17.2. The highest BCUT2D eigenvalue weighted by molar-refractivity contribution is 5.77. The van der Waals surface area contributed by atoms with Crippen LogP contribution >= 0.6 is 0 Å². The van der Waals surface area contributed by atoms with Crippen LogP contribution in [0.15, 0.2) is 6.07 Å². The molecule has 3 rings (SSSR count). The van der Waals surface area contributed by atoms with Crippen molar-refractivity contribution in [2.24, 2.45) is 0 Å². The van der Waals surface area contributed by atoms with Crippen molar-refractivity contribution < 1.29 is 28.5 Å². The maximum Gasteiger partial charge on any atom is 0.350 e. The Kier molecular flexibility index (Phi) is 4.75. The lowest BCUT2D eigenvalue weighted by Gasteiger charge is -2.25. The lowest BCUT2D eigenvalue weighted by molar-refractivity contribution is -0.155. The number of aromatic nitrogens is 2. The summed E-state index contributed by atoms with van der Waals surface area (Å²) >= 11 is 0. The smallest absolute Gasteiger partial charge is 0.350 e. The van der Waals surface area contributed by atoms with E-state index in [1.165, 1.54) is 20.3 Å². The van der Waals surface area contributed by atoms with Gasteiger partial charge in [-0.25, -0.2) is 4.79 Å². The largest absolute Gasteiger partial charge is 0.481 e. The first kappa shape index (κ1) is 16.8. The number of esters is 1. The number of carbonyl (C=O) groups is 1. The van der Waals surface area contributed by atoms with E-state index in [1.54, 1.807) is 6.92 Å². The van der Waals surface area contributed by atoms with Crippen molar-refractivity contribution in [3.8, 4) is 17.8 Å².